The lowest BCUT2D eigenvalue weighted by molar-refractivity contribution is -0.385. The van der Waals surface area contributed by atoms with Crippen LogP contribution >= 0.6 is 0 Å². The number of carbonyl (C=O) groups is 2. The van der Waals surface area contributed by atoms with E-state index in [1.807, 2.05) is 20.8 Å². The molecule has 1 heterocycles. The number of rotatable bonds is 7. The largest absolute Gasteiger partial charge is 0.480 e. The SMILES string of the molecule is Cc1ncc([N+](=O)[O-])cc1C(=O)NC(CCOC(C)(C)C)C(=O)O. The predicted molar refractivity (Wildman–Crippen MR) is 84.8 cm³/mol. The van der Waals surface area contributed by atoms with Gasteiger partial charge in [0.1, 0.15) is 12.2 Å². The Labute approximate surface area is 139 Å². The molecule has 9 nitrogen and oxygen atoms in total. The summed E-state index contributed by atoms with van der Waals surface area (Å²) in [6.45, 7) is 7.16. The standard InChI is InChI=1S/C15H21N3O6/c1-9-11(7-10(8-16-9)18(22)23)13(19)17-12(14(20)21)5-6-24-15(2,3)4/h7-8,12H,5-6H2,1-4H3,(H,17,19)(H,20,21). The lowest BCUT2D eigenvalue weighted by atomic mass is 10.1. The molecule has 0 fully saturated rings. The zero-order valence-corrected chi connectivity index (χ0v) is 14.0. The summed E-state index contributed by atoms with van der Waals surface area (Å²) in [7, 11) is 0. The highest BCUT2D eigenvalue weighted by molar-refractivity contribution is 5.97. The maximum absolute atomic E-state index is 12.2. The second kappa shape index (κ2) is 7.82. The average Bonchev–Trinajstić information content (AvgIpc) is 2.44. The number of nitro groups is 1. The van der Waals surface area contributed by atoms with E-state index in [4.69, 9.17) is 4.74 Å². The van der Waals surface area contributed by atoms with E-state index in [-0.39, 0.29) is 30.0 Å². The van der Waals surface area contributed by atoms with Crippen molar-refractivity contribution in [3.63, 3.8) is 0 Å². The van der Waals surface area contributed by atoms with E-state index >= 15 is 0 Å². The molecule has 0 aliphatic heterocycles. The quantitative estimate of drug-likeness (QED) is 0.570. The smallest absolute Gasteiger partial charge is 0.326 e. The molecule has 0 saturated heterocycles. The normalized spacial score (nSPS) is 12.5. The monoisotopic (exact) mass is 339 g/mol. The molecule has 0 aliphatic carbocycles. The third kappa shape index (κ3) is 5.92. The Hall–Kier alpha value is -2.55. The number of hydrogen-bond acceptors (Lipinski definition) is 6. The van der Waals surface area contributed by atoms with Gasteiger partial charge in [0.25, 0.3) is 11.6 Å². The van der Waals surface area contributed by atoms with Crippen molar-refractivity contribution in [2.75, 3.05) is 6.61 Å². The third-order valence-electron chi connectivity index (χ3n) is 3.07. The van der Waals surface area contributed by atoms with Crippen LogP contribution in [0.2, 0.25) is 0 Å². The maximum atomic E-state index is 12.2. The first-order chi connectivity index (χ1) is 11.0. The fraction of sp³-hybridized carbons (Fsp3) is 0.533. The molecule has 9 heteroatoms. The summed E-state index contributed by atoms with van der Waals surface area (Å²) in [6, 6.07) is -0.0964. The molecular weight excluding hydrogens is 318 g/mol. The number of aryl methyl sites for hydroxylation is 1. The van der Waals surface area contributed by atoms with Crippen molar-refractivity contribution in [3.05, 3.63) is 33.6 Å². The van der Waals surface area contributed by atoms with Crippen LogP contribution in [0, 0.1) is 17.0 Å². The molecule has 1 unspecified atom stereocenters. The molecule has 0 radical (unpaired) electrons. The number of nitrogens with one attached hydrogen (secondary N) is 1. The zero-order valence-electron chi connectivity index (χ0n) is 14.0. The van der Waals surface area contributed by atoms with Crippen LogP contribution in [-0.2, 0) is 9.53 Å². The Morgan fingerprint density at radius 2 is 2.08 bits per heavy atom. The van der Waals surface area contributed by atoms with Gasteiger partial charge in [-0.15, -0.1) is 0 Å². The van der Waals surface area contributed by atoms with Gasteiger partial charge in [-0.3, -0.25) is 19.9 Å². The Bertz CT molecular complexity index is 639. The Morgan fingerprint density at radius 3 is 2.58 bits per heavy atom. The molecule has 24 heavy (non-hydrogen) atoms. The zero-order chi connectivity index (χ0) is 18.5. The van der Waals surface area contributed by atoms with Gasteiger partial charge in [-0.25, -0.2) is 4.79 Å². The first kappa shape index (κ1) is 19.5. The van der Waals surface area contributed by atoms with Crippen LogP contribution in [0.5, 0.6) is 0 Å². The number of pyridine rings is 1. The molecule has 1 amide bonds. The summed E-state index contributed by atoms with van der Waals surface area (Å²) in [6.07, 6.45) is 1.11. The highest BCUT2D eigenvalue weighted by atomic mass is 16.6. The number of carboxylic acids is 1. The first-order valence-electron chi connectivity index (χ1n) is 7.30. The van der Waals surface area contributed by atoms with Crippen molar-refractivity contribution in [2.24, 2.45) is 0 Å². The van der Waals surface area contributed by atoms with Crippen LogP contribution in [0.15, 0.2) is 12.3 Å². The lowest BCUT2D eigenvalue weighted by Gasteiger charge is -2.21. The van der Waals surface area contributed by atoms with Gasteiger partial charge >= 0.3 is 5.97 Å². The van der Waals surface area contributed by atoms with Gasteiger partial charge in [0.05, 0.1) is 21.8 Å². The van der Waals surface area contributed by atoms with Gasteiger partial charge in [0.2, 0.25) is 0 Å². The molecule has 1 rings (SSSR count). The number of nitrogens with zero attached hydrogens (tertiary/aromatic N) is 2. The summed E-state index contributed by atoms with van der Waals surface area (Å²) in [5, 5.41) is 22.3. The lowest BCUT2D eigenvalue weighted by Crippen LogP contribution is -2.42. The molecule has 1 aromatic heterocycles. The fourth-order valence-corrected chi connectivity index (χ4v) is 1.83. The van der Waals surface area contributed by atoms with Crippen molar-refractivity contribution >= 4 is 17.6 Å². The predicted octanol–water partition coefficient (Wildman–Crippen LogP) is 1.69. The van der Waals surface area contributed by atoms with E-state index in [1.165, 1.54) is 6.92 Å². The summed E-state index contributed by atoms with van der Waals surface area (Å²) >= 11 is 0. The highest BCUT2D eigenvalue weighted by Crippen LogP contribution is 2.15. The Balaban J connectivity index is 2.84. The van der Waals surface area contributed by atoms with E-state index < -0.39 is 28.4 Å². The number of amides is 1. The van der Waals surface area contributed by atoms with E-state index in [1.54, 1.807) is 0 Å². The third-order valence-corrected chi connectivity index (χ3v) is 3.07. The van der Waals surface area contributed by atoms with E-state index in [9.17, 15) is 24.8 Å². The molecular formula is C15H21N3O6. The van der Waals surface area contributed by atoms with Gasteiger partial charge in [-0.1, -0.05) is 0 Å². The highest BCUT2D eigenvalue weighted by Gasteiger charge is 2.24. The van der Waals surface area contributed by atoms with Crippen LogP contribution in [-0.4, -0.2) is 45.1 Å². The molecule has 2 N–H and O–H groups in total. The van der Waals surface area contributed by atoms with Crippen molar-refractivity contribution in [2.45, 2.75) is 45.8 Å². The van der Waals surface area contributed by atoms with Crippen molar-refractivity contribution in [1.29, 1.82) is 0 Å². The van der Waals surface area contributed by atoms with Crippen LogP contribution in [0.3, 0.4) is 0 Å². The number of hydrogen-bond donors (Lipinski definition) is 2. The van der Waals surface area contributed by atoms with Crippen LogP contribution in [0.1, 0.15) is 43.2 Å². The molecule has 1 aromatic rings. The number of carboxylic acid groups (broad SMARTS) is 1. The van der Waals surface area contributed by atoms with Crippen LogP contribution < -0.4 is 5.32 Å². The van der Waals surface area contributed by atoms with Crippen molar-refractivity contribution < 1.29 is 24.4 Å². The Kier molecular flexibility index (Phi) is 6.35. The van der Waals surface area contributed by atoms with Gasteiger partial charge in [-0.05, 0) is 27.7 Å². The minimum Gasteiger partial charge on any atom is -0.480 e. The average molecular weight is 339 g/mol. The van der Waals surface area contributed by atoms with Gasteiger partial charge in [-0.2, -0.15) is 0 Å². The minimum atomic E-state index is -1.21. The van der Waals surface area contributed by atoms with Crippen molar-refractivity contribution in [3.8, 4) is 0 Å². The van der Waals surface area contributed by atoms with E-state index in [2.05, 4.69) is 10.3 Å². The molecule has 0 aliphatic rings. The van der Waals surface area contributed by atoms with Gasteiger partial charge in [0, 0.05) is 19.1 Å². The second-order valence-electron chi connectivity index (χ2n) is 6.20. The fourth-order valence-electron chi connectivity index (χ4n) is 1.83. The van der Waals surface area contributed by atoms with Crippen LogP contribution in [0.4, 0.5) is 5.69 Å². The van der Waals surface area contributed by atoms with Crippen molar-refractivity contribution in [1.82, 2.24) is 10.3 Å². The maximum Gasteiger partial charge on any atom is 0.326 e. The van der Waals surface area contributed by atoms with E-state index in [0.717, 1.165) is 12.3 Å². The molecule has 132 valence electrons. The number of carbonyl (C=O) groups excluding carboxylic acids is 1. The van der Waals surface area contributed by atoms with Crippen LogP contribution in [0.25, 0.3) is 0 Å². The molecule has 0 bridgehead atoms. The first-order valence-corrected chi connectivity index (χ1v) is 7.30. The molecule has 0 saturated carbocycles. The minimum absolute atomic E-state index is 0.0350. The van der Waals surface area contributed by atoms with Gasteiger partial charge in [0.15, 0.2) is 0 Å². The number of aliphatic carboxylic acids is 1. The summed E-state index contributed by atoms with van der Waals surface area (Å²) in [4.78, 5) is 37.4. The summed E-state index contributed by atoms with van der Waals surface area (Å²) in [5.41, 5.74) is -0.526. The molecule has 0 spiro atoms. The summed E-state index contributed by atoms with van der Waals surface area (Å²) < 4.78 is 5.46. The second-order valence-corrected chi connectivity index (χ2v) is 6.20. The number of ether oxygens (including phenoxy) is 1. The summed E-state index contributed by atoms with van der Waals surface area (Å²) in [5.74, 6) is -1.94. The molecule has 0 aromatic carbocycles. The Morgan fingerprint density at radius 1 is 1.46 bits per heavy atom. The molecule has 1 atom stereocenters. The number of aromatic nitrogens is 1. The van der Waals surface area contributed by atoms with E-state index in [0.29, 0.717) is 0 Å². The van der Waals surface area contributed by atoms with Gasteiger partial charge < -0.3 is 15.2 Å². The topological polar surface area (TPSA) is 132 Å².